The molecule has 0 heterocycles. The van der Waals surface area contributed by atoms with Gasteiger partial charge in [0, 0.05) is 6.54 Å². The largest absolute Gasteiger partial charge is 0.491 e. The van der Waals surface area contributed by atoms with Crippen molar-refractivity contribution in [3.8, 4) is 5.75 Å². The van der Waals surface area contributed by atoms with Crippen molar-refractivity contribution in [3.05, 3.63) is 41.7 Å². The quantitative estimate of drug-likeness (QED) is 0.833. The fourth-order valence-electron chi connectivity index (χ4n) is 1.38. The monoisotopic (exact) mass is 223 g/mol. The van der Waals surface area contributed by atoms with Crippen LogP contribution < -0.4 is 10.5 Å². The van der Waals surface area contributed by atoms with E-state index in [1.165, 1.54) is 0 Å². The fraction of sp³-hybridized carbons (Fsp3) is 0.385. The lowest BCUT2D eigenvalue weighted by atomic mass is 10.1. The second kappa shape index (κ2) is 6.28. The molecule has 0 spiro atoms. The first-order chi connectivity index (χ1) is 7.65. The van der Waals surface area contributed by atoms with Gasteiger partial charge in [0.15, 0.2) is 0 Å². The molecule has 16 heavy (non-hydrogen) atoms. The van der Waals surface area contributed by atoms with Crippen LogP contribution in [0.3, 0.4) is 0 Å². The minimum Gasteiger partial charge on any atom is -0.491 e. The summed E-state index contributed by atoms with van der Waals surface area (Å²) < 4.78 is 17.8. The fourth-order valence-corrected chi connectivity index (χ4v) is 1.38. The smallest absolute Gasteiger partial charge is 0.119 e. The molecule has 1 rings (SSSR count). The average molecular weight is 223 g/mol. The maximum Gasteiger partial charge on any atom is 0.119 e. The van der Waals surface area contributed by atoms with Crippen molar-refractivity contribution in [3.63, 3.8) is 0 Å². The number of ether oxygens (including phenoxy) is 1. The van der Waals surface area contributed by atoms with Gasteiger partial charge in [-0.3, -0.25) is 0 Å². The maximum atomic E-state index is 12.3. The van der Waals surface area contributed by atoms with Gasteiger partial charge in [-0.1, -0.05) is 12.1 Å². The van der Waals surface area contributed by atoms with E-state index in [2.05, 4.69) is 0 Å². The van der Waals surface area contributed by atoms with Crippen LogP contribution in [0.5, 0.6) is 5.75 Å². The molecule has 0 fully saturated rings. The molecule has 2 nitrogen and oxygen atoms in total. The zero-order valence-corrected chi connectivity index (χ0v) is 9.74. The SMILES string of the molecule is CC(C)Oc1ccc(CC(=CF)CN)cc1. The predicted molar refractivity (Wildman–Crippen MR) is 64.2 cm³/mol. The Labute approximate surface area is 95.9 Å². The summed E-state index contributed by atoms with van der Waals surface area (Å²) in [5, 5.41) is 0. The topological polar surface area (TPSA) is 35.2 Å². The number of hydrogen-bond donors (Lipinski definition) is 1. The Hall–Kier alpha value is -1.35. The molecule has 0 saturated heterocycles. The Balaban J connectivity index is 2.64. The van der Waals surface area contributed by atoms with Gasteiger partial charge < -0.3 is 10.5 Å². The van der Waals surface area contributed by atoms with Crippen LogP contribution in [-0.2, 0) is 6.42 Å². The zero-order valence-electron chi connectivity index (χ0n) is 9.74. The van der Waals surface area contributed by atoms with Crippen molar-refractivity contribution in [1.29, 1.82) is 0 Å². The van der Waals surface area contributed by atoms with Gasteiger partial charge >= 0.3 is 0 Å². The molecule has 0 aliphatic heterocycles. The van der Waals surface area contributed by atoms with E-state index >= 15 is 0 Å². The summed E-state index contributed by atoms with van der Waals surface area (Å²) in [7, 11) is 0. The Kier molecular flexibility index (Phi) is 4.99. The van der Waals surface area contributed by atoms with Crippen LogP contribution in [0.4, 0.5) is 4.39 Å². The van der Waals surface area contributed by atoms with Gasteiger partial charge in [-0.05, 0) is 43.5 Å². The molecule has 0 atom stereocenters. The highest BCUT2D eigenvalue weighted by Gasteiger charge is 2.00. The van der Waals surface area contributed by atoms with Gasteiger partial charge in [0.1, 0.15) is 5.75 Å². The predicted octanol–water partition coefficient (Wildman–Crippen LogP) is 2.83. The molecular formula is C13H18FNO. The van der Waals surface area contributed by atoms with E-state index < -0.39 is 0 Å². The molecule has 0 aliphatic rings. The van der Waals surface area contributed by atoms with E-state index in [4.69, 9.17) is 10.5 Å². The summed E-state index contributed by atoms with van der Waals surface area (Å²) in [5.74, 6) is 0.831. The third-order valence-corrected chi connectivity index (χ3v) is 2.14. The molecule has 1 aromatic rings. The van der Waals surface area contributed by atoms with Crippen molar-refractivity contribution >= 4 is 0 Å². The number of benzene rings is 1. The maximum absolute atomic E-state index is 12.3. The van der Waals surface area contributed by atoms with Crippen LogP contribution in [0.2, 0.25) is 0 Å². The van der Waals surface area contributed by atoms with E-state index in [1.54, 1.807) is 0 Å². The van der Waals surface area contributed by atoms with Crippen LogP contribution in [0, 0.1) is 0 Å². The Morgan fingerprint density at radius 2 is 2.00 bits per heavy atom. The molecule has 0 bridgehead atoms. The second-order valence-electron chi connectivity index (χ2n) is 3.96. The minimum atomic E-state index is 0.163. The van der Waals surface area contributed by atoms with Crippen molar-refractivity contribution < 1.29 is 9.13 Å². The normalized spacial score (nSPS) is 11.9. The molecule has 0 aromatic heterocycles. The highest BCUT2D eigenvalue weighted by molar-refractivity contribution is 5.30. The summed E-state index contributed by atoms with van der Waals surface area (Å²) >= 11 is 0. The van der Waals surface area contributed by atoms with Gasteiger partial charge in [0.2, 0.25) is 0 Å². The van der Waals surface area contributed by atoms with Crippen LogP contribution in [0.25, 0.3) is 0 Å². The first kappa shape index (κ1) is 12.7. The van der Waals surface area contributed by atoms with Gasteiger partial charge in [-0.2, -0.15) is 0 Å². The summed E-state index contributed by atoms with van der Waals surface area (Å²) in [5.41, 5.74) is 7.02. The lowest BCUT2D eigenvalue weighted by molar-refractivity contribution is 0.242. The minimum absolute atomic E-state index is 0.163. The molecule has 88 valence electrons. The van der Waals surface area contributed by atoms with Crippen molar-refractivity contribution in [2.75, 3.05) is 6.54 Å². The van der Waals surface area contributed by atoms with Gasteiger partial charge in [0.05, 0.1) is 12.4 Å². The molecule has 0 radical (unpaired) electrons. The van der Waals surface area contributed by atoms with E-state index in [9.17, 15) is 4.39 Å². The van der Waals surface area contributed by atoms with Crippen molar-refractivity contribution in [1.82, 2.24) is 0 Å². The highest BCUT2D eigenvalue weighted by atomic mass is 19.1. The van der Waals surface area contributed by atoms with Crippen LogP contribution in [0.1, 0.15) is 19.4 Å². The lowest BCUT2D eigenvalue weighted by Gasteiger charge is -2.10. The molecule has 0 unspecified atom stereocenters. The van der Waals surface area contributed by atoms with E-state index in [-0.39, 0.29) is 12.6 Å². The number of nitrogens with two attached hydrogens (primary N) is 1. The molecule has 1 aromatic carbocycles. The Morgan fingerprint density at radius 3 is 2.44 bits per heavy atom. The third-order valence-electron chi connectivity index (χ3n) is 2.14. The Bertz CT molecular complexity index is 343. The molecular weight excluding hydrogens is 205 g/mol. The highest BCUT2D eigenvalue weighted by Crippen LogP contribution is 2.15. The van der Waals surface area contributed by atoms with Crippen molar-refractivity contribution in [2.24, 2.45) is 5.73 Å². The number of hydrogen-bond acceptors (Lipinski definition) is 2. The zero-order chi connectivity index (χ0) is 12.0. The second-order valence-corrected chi connectivity index (χ2v) is 3.96. The first-order valence-electron chi connectivity index (χ1n) is 5.39. The standard InChI is InChI=1S/C13H18FNO/c1-10(2)16-13-5-3-11(4-6-13)7-12(8-14)9-15/h3-6,8,10H,7,9,15H2,1-2H3. The van der Waals surface area contributed by atoms with E-state index in [0.717, 1.165) is 11.3 Å². The van der Waals surface area contributed by atoms with Gasteiger partial charge in [-0.15, -0.1) is 0 Å². The van der Waals surface area contributed by atoms with Crippen LogP contribution >= 0.6 is 0 Å². The molecule has 0 aliphatic carbocycles. The first-order valence-corrected chi connectivity index (χ1v) is 5.39. The third kappa shape index (κ3) is 4.03. The lowest BCUT2D eigenvalue weighted by Crippen LogP contribution is -2.06. The molecule has 0 saturated carbocycles. The number of halogens is 1. The van der Waals surface area contributed by atoms with E-state index in [1.807, 2.05) is 38.1 Å². The van der Waals surface area contributed by atoms with Crippen LogP contribution in [-0.4, -0.2) is 12.6 Å². The molecule has 3 heteroatoms. The Morgan fingerprint density at radius 1 is 1.38 bits per heavy atom. The average Bonchev–Trinajstić information content (AvgIpc) is 2.27. The van der Waals surface area contributed by atoms with Crippen LogP contribution in [0.15, 0.2) is 36.2 Å². The van der Waals surface area contributed by atoms with Gasteiger partial charge in [-0.25, -0.2) is 4.39 Å². The van der Waals surface area contributed by atoms with Gasteiger partial charge in [0.25, 0.3) is 0 Å². The summed E-state index contributed by atoms with van der Waals surface area (Å²) in [4.78, 5) is 0. The van der Waals surface area contributed by atoms with Crippen molar-refractivity contribution in [2.45, 2.75) is 26.4 Å². The summed E-state index contributed by atoms with van der Waals surface area (Å²) in [6, 6.07) is 7.64. The summed E-state index contributed by atoms with van der Waals surface area (Å²) in [6.07, 6.45) is 1.30. The molecule has 0 amide bonds. The summed E-state index contributed by atoms with van der Waals surface area (Å²) in [6.45, 7) is 4.21. The van der Waals surface area contributed by atoms with E-state index in [0.29, 0.717) is 18.3 Å². The number of rotatable bonds is 5. The molecule has 2 N–H and O–H groups in total.